The number of benzene rings is 4. The first kappa shape index (κ1) is 32.5. The second-order valence-electron chi connectivity index (χ2n) is 12.8. The quantitative estimate of drug-likeness (QED) is 0.169. The number of hydrogen-bond acceptors (Lipinski definition) is 4. The molecule has 257 valence electrons. The molecule has 7 aromatic rings. The Kier molecular flexibility index (Phi) is 8.38. The van der Waals surface area contributed by atoms with Gasteiger partial charge in [-0.05, 0) is 0 Å². The average Bonchev–Trinajstić information content (AvgIpc) is 4.04. The van der Waals surface area contributed by atoms with Gasteiger partial charge in [0.2, 0.25) is 0 Å². The van der Waals surface area contributed by atoms with Gasteiger partial charge >= 0.3 is 319 Å². The van der Waals surface area contributed by atoms with E-state index in [1.807, 2.05) is 30.3 Å². The second kappa shape index (κ2) is 13.6. The van der Waals surface area contributed by atoms with Gasteiger partial charge in [0.15, 0.2) is 0 Å². The number of aromatic nitrogens is 4. The Labute approximate surface area is 317 Å². The van der Waals surface area contributed by atoms with E-state index in [0.29, 0.717) is 5.56 Å². The van der Waals surface area contributed by atoms with E-state index in [9.17, 15) is 4.79 Å². The van der Waals surface area contributed by atoms with Crippen molar-refractivity contribution in [2.45, 2.75) is 0 Å². The van der Waals surface area contributed by atoms with Gasteiger partial charge in [-0.2, -0.15) is 0 Å². The molecule has 0 atom stereocenters. The van der Waals surface area contributed by atoms with Gasteiger partial charge in [-0.1, -0.05) is 0 Å². The van der Waals surface area contributed by atoms with E-state index in [1.165, 1.54) is 7.11 Å². The first-order valence-electron chi connectivity index (χ1n) is 17.2. The van der Waals surface area contributed by atoms with E-state index in [1.54, 1.807) is 12.1 Å². The molecule has 7 heteroatoms. The number of hydrogen-bond donors (Lipinski definition) is 2. The zero-order valence-electron chi connectivity index (χ0n) is 28.5. The molecular weight excluding hydrogens is 836 g/mol. The Hall–Kier alpha value is -6.36. The standard InChI is InChI=1S/C46H31N4O2.Pt/c1-52-46(51)33-19-17-32(18-20-33)45-40-27-25-38(49-40)43(30-13-7-3-8-14-30)36-23-21-34(47-36)42(29-11-5-2-6-12-29)35-22-24-37(48-35)44(31-15-9-4-10-16-31)39-26-28-41(45)50-39;/h2-25,27-28,47,50H,1H3;. The van der Waals surface area contributed by atoms with Crippen LogP contribution in [0, 0.1) is 0 Å². The van der Waals surface area contributed by atoms with Crippen molar-refractivity contribution in [3.63, 3.8) is 0 Å². The van der Waals surface area contributed by atoms with E-state index < -0.39 is 0 Å². The minimum atomic E-state index is -0.381. The van der Waals surface area contributed by atoms with E-state index in [-0.39, 0.29) is 5.97 Å². The van der Waals surface area contributed by atoms with Gasteiger partial charge in [0, 0.05) is 0 Å². The van der Waals surface area contributed by atoms with Crippen LogP contribution in [0.4, 0.5) is 0 Å². The summed E-state index contributed by atoms with van der Waals surface area (Å²) in [6.45, 7) is 0. The zero-order chi connectivity index (χ0) is 35.9. The van der Waals surface area contributed by atoms with Crippen LogP contribution < -0.4 is 3.95 Å². The van der Waals surface area contributed by atoms with Gasteiger partial charge in [-0.15, -0.1) is 0 Å². The Morgan fingerprint density at radius 2 is 0.925 bits per heavy atom. The van der Waals surface area contributed by atoms with Crippen molar-refractivity contribution >= 4 is 56.3 Å². The molecule has 53 heavy (non-hydrogen) atoms. The third kappa shape index (κ3) is 5.97. The van der Waals surface area contributed by atoms with Crippen LogP contribution in [0.15, 0.2) is 133 Å². The molecule has 4 aromatic carbocycles. The van der Waals surface area contributed by atoms with Crippen LogP contribution >= 0.6 is 0 Å². The molecule has 5 heterocycles. The topological polar surface area (TPSA) is 83.7 Å². The number of carbonyl (C=O) groups is 1. The van der Waals surface area contributed by atoms with Gasteiger partial charge < -0.3 is 0 Å². The first-order valence-corrected chi connectivity index (χ1v) is 18.4. The summed E-state index contributed by atoms with van der Waals surface area (Å²) < 4.78 is 6.04. The molecule has 0 unspecified atom stereocenters. The molecule has 0 saturated carbocycles. The molecule has 0 fully saturated rings. The fraction of sp³-hybridized carbons (Fsp3) is 0.0217. The number of esters is 1. The summed E-state index contributed by atoms with van der Waals surface area (Å²) in [7, 11) is 1.39. The van der Waals surface area contributed by atoms with Crippen molar-refractivity contribution < 1.29 is 29.3 Å². The van der Waals surface area contributed by atoms with Gasteiger partial charge in [0.25, 0.3) is 0 Å². The fourth-order valence-corrected chi connectivity index (χ4v) is 7.90. The van der Waals surface area contributed by atoms with Crippen molar-refractivity contribution in [1.29, 1.82) is 0 Å². The average molecular weight is 867 g/mol. The molecular formula is C46H31N4O2Pt. The Morgan fingerprint density at radius 1 is 0.509 bits per heavy atom. The number of carbonyl (C=O) groups excluding carboxylic acids is 1. The van der Waals surface area contributed by atoms with Gasteiger partial charge in [0.05, 0.1) is 0 Å². The molecule has 0 saturated heterocycles. The Morgan fingerprint density at radius 3 is 1.40 bits per heavy atom. The molecule has 0 spiro atoms. The number of nitrogens with one attached hydrogen (secondary N) is 2. The van der Waals surface area contributed by atoms with Gasteiger partial charge in [-0.25, -0.2) is 0 Å². The number of aromatic amines is 2. The Bertz CT molecular complexity index is 2770. The summed E-state index contributed by atoms with van der Waals surface area (Å²) >= 11 is 2.39. The summed E-state index contributed by atoms with van der Waals surface area (Å²) in [5, 5.41) is 0. The number of ether oxygens (including phenoxy) is 1. The molecule has 0 aliphatic carbocycles. The Balaban J connectivity index is 1.47. The summed E-state index contributed by atoms with van der Waals surface area (Å²) in [5.74, 6) is -0.381. The monoisotopic (exact) mass is 866 g/mol. The summed E-state index contributed by atoms with van der Waals surface area (Å²) in [6, 6.07) is 45.1. The first-order chi connectivity index (χ1) is 26.1. The van der Waals surface area contributed by atoms with Crippen molar-refractivity contribution in [2.24, 2.45) is 0 Å². The number of rotatable bonds is 5. The van der Waals surface area contributed by atoms with E-state index in [2.05, 4.69) is 145 Å². The number of methoxy groups -OCH3 is 1. The zero-order valence-corrected chi connectivity index (χ0v) is 30.8. The predicted molar refractivity (Wildman–Crippen MR) is 212 cm³/mol. The van der Waals surface area contributed by atoms with E-state index in [0.717, 1.165) is 93.3 Å². The van der Waals surface area contributed by atoms with Crippen molar-refractivity contribution in [1.82, 2.24) is 19.9 Å². The minimum absolute atomic E-state index is 0.381. The molecule has 2 aliphatic rings. The van der Waals surface area contributed by atoms with Crippen molar-refractivity contribution in [3.8, 4) is 44.5 Å². The SMILES string of the molecule is COC(=O)c1ccc(-c2c3nc(c(-c4ccccc4)c4ccc([nH]4)c(-c4ccccc4)c4nc(c(-c5ccccc5)c5[nH]c2c[c]5[Pt])C=C4)C=C3)cc1. The van der Waals surface area contributed by atoms with Crippen LogP contribution in [0.1, 0.15) is 33.1 Å². The van der Waals surface area contributed by atoms with Crippen LogP contribution in [0.3, 0.4) is 0 Å². The van der Waals surface area contributed by atoms with Crippen LogP contribution in [0.2, 0.25) is 0 Å². The summed E-state index contributed by atoms with van der Waals surface area (Å²) in [6.07, 6.45) is 8.39. The maximum absolute atomic E-state index is 12.4. The van der Waals surface area contributed by atoms with Crippen LogP contribution in [0.25, 0.3) is 90.9 Å². The molecule has 3 aromatic heterocycles. The van der Waals surface area contributed by atoms with Gasteiger partial charge in [-0.3, -0.25) is 0 Å². The van der Waals surface area contributed by atoms with Crippen LogP contribution in [-0.4, -0.2) is 33.0 Å². The molecule has 8 bridgehead atoms. The fourth-order valence-electron chi connectivity index (χ4n) is 7.14. The molecule has 2 N–H and O–H groups in total. The molecule has 6 nitrogen and oxygen atoms in total. The number of fused-ring (bicyclic) bond motifs is 8. The normalized spacial score (nSPS) is 11.9. The molecule has 0 radical (unpaired) electrons. The second-order valence-corrected chi connectivity index (χ2v) is 14.0. The van der Waals surface area contributed by atoms with E-state index >= 15 is 0 Å². The third-order valence-electron chi connectivity index (χ3n) is 9.58. The molecule has 2 aliphatic heterocycles. The summed E-state index contributed by atoms with van der Waals surface area (Å²) in [5.41, 5.74) is 15.6. The predicted octanol–water partition coefficient (Wildman–Crippen LogP) is 10.3. The number of H-pyrrole nitrogens is 2. The van der Waals surface area contributed by atoms with Crippen LogP contribution in [-0.2, 0) is 24.6 Å². The van der Waals surface area contributed by atoms with E-state index in [4.69, 9.17) is 14.7 Å². The third-order valence-corrected chi connectivity index (χ3v) is 10.5. The molecule has 0 amide bonds. The number of nitrogens with zero attached hydrogens (tertiary/aromatic N) is 2. The van der Waals surface area contributed by atoms with Crippen molar-refractivity contribution in [3.05, 3.63) is 162 Å². The maximum atomic E-state index is 12.4. The molecule has 9 rings (SSSR count). The van der Waals surface area contributed by atoms with Crippen molar-refractivity contribution in [2.75, 3.05) is 7.11 Å². The summed E-state index contributed by atoms with van der Waals surface area (Å²) in [4.78, 5) is 30.7. The van der Waals surface area contributed by atoms with Crippen LogP contribution in [0.5, 0.6) is 0 Å². The van der Waals surface area contributed by atoms with Gasteiger partial charge in [0.1, 0.15) is 0 Å².